The number of aryl methyl sites for hydroxylation is 1. The zero-order valence-corrected chi connectivity index (χ0v) is 11.0. The summed E-state index contributed by atoms with van der Waals surface area (Å²) < 4.78 is 19.0. The van der Waals surface area contributed by atoms with Crippen LogP contribution in [0.5, 0.6) is 11.5 Å². The van der Waals surface area contributed by atoms with Crippen molar-refractivity contribution in [3.05, 3.63) is 51.8 Å². The van der Waals surface area contributed by atoms with Crippen molar-refractivity contribution in [2.24, 2.45) is 0 Å². The molecule has 0 radical (unpaired) electrons. The predicted octanol–water partition coefficient (Wildman–Crippen LogP) is 4.82. The minimum absolute atomic E-state index is 0.0728. The molecule has 0 aromatic heterocycles. The number of ether oxygens (including phenoxy) is 1. The lowest BCUT2D eigenvalue weighted by molar-refractivity contribution is 0.442. The molecule has 2 aromatic carbocycles. The maximum absolute atomic E-state index is 13.6. The van der Waals surface area contributed by atoms with Gasteiger partial charge in [-0.3, -0.25) is 0 Å². The van der Waals surface area contributed by atoms with Crippen molar-refractivity contribution in [3.8, 4) is 11.5 Å². The summed E-state index contributed by atoms with van der Waals surface area (Å²) in [5.41, 5.74) is 6.87. The molecule has 2 N–H and O–H groups in total. The molecule has 0 aliphatic carbocycles. The number of nitrogens with two attached hydrogens (primary N) is 1. The zero-order chi connectivity index (χ0) is 13.3. The van der Waals surface area contributed by atoms with Gasteiger partial charge in [0.2, 0.25) is 0 Å². The van der Waals surface area contributed by atoms with Crippen molar-refractivity contribution in [1.29, 1.82) is 0 Å². The van der Waals surface area contributed by atoms with Crippen LogP contribution in [-0.2, 0) is 0 Å². The number of anilines is 1. The summed E-state index contributed by atoms with van der Waals surface area (Å²) in [6, 6.07) is 7.53. The molecular weight excluding hydrogens is 276 g/mol. The molecule has 0 atom stereocenters. The smallest absolute Gasteiger partial charge is 0.165 e. The van der Waals surface area contributed by atoms with Gasteiger partial charge in [-0.25, -0.2) is 4.39 Å². The monoisotopic (exact) mass is 285 g/mol. The van der Waals surface area contributed by atoms with Crippen LogP contribution in [-0.4, -0.2) is 0 Å². The van der Waals surface area contributed by atoms with Crippen LogP contribution >= 0.6 is 23.2 Å². The van der Waals surface area contributed by atoms with E-state index in [1.54, 1.807) is 12.1 Å². The summed E-state index contributed by atoms with van der Waals surface area (Å²) in [5, 5.41) is 0.474. The molecule has 0 saturated heterocycles. The summed E-state index contributed by atoms with van der Waals surface area (Å²) in [7, 11) is 0. The second-order valence-electron chi connectivity index (χ2n) is 3.85. The minimum Gasteiger partial charge on any atom is -0.451 e. The van der Waals surface area contributed by atoms with E-state index < -0.39 is 5.82 Å². The molecule has 2 rings (SSSR count). The van der Waals surface area contributed by atoms with Crippen molar-refractivity contribution < 1.29 is 9.13 Å². The fraction of sp³-hybridized carbons (Fsp3) is 0.0769. The minimum atomic E-state index is -0.482. The van der Waals surface area contributed by atoms with Crippen LogP contribution in [0.2, 0.25) is 10.0 Å². The molecule has 5 heteroatoms. The van der Waals surface area contributed by atoms with Gasteiger partial charge in [0.05, 0.1) is 10.0 Å². The van der Waals surface area contributed by atoms with Crippen molar-refractivity contribution in [2.75, 3.05) is 5.73 Å². The summed E-state index contributed by atoms with van der Waals surface area (Å²) in [5.74, 6) is -0.217. The van der Waals surface area contributed by atoms with E-state index in [2.05, 4.69) is 0 Å². The SMILES string of the molecule is Cc1ccc(F)c(Oc2c(Cl)cc(N)cc2Cl)c1. The quantitative estimate of drug-likeness (QED) is 0.803. The molecule has 0 amide bonds. The van der Waals surface area contributed by atoms with E-state index in [4.69, 9.17) is 33.7 Å². The van der Waals surface area contributed by atoms with Crippen LogP contribution in [0.4, 0.5) is 10.1 Å². The Kier molecular flexibility index (Phi) is 3.64. The topological polar surface area (TPSA) is 35.2 Å². The van der Waals surface area contributed by atoms with Gasteiger partial charge in [0.25, 0.3) is 0 Å². The van der Waals surface area contributed by atoms with Gasteiger partial charge in [0.15, 0.2) is 17.3 Å². The number of benzene rings is 2. The normalized spacial score (nSPS) is 10.4. The lowest BCUT2D eigenvalue weighted by Gasteiger charge is -2.11. The Bertz CT molecular complexity index is 579. The molecule has 0 aliphatic rings. The molecule has 18 heavy (non-hydrogen) atoms. The lowest BCUT2D eigenvalue weighted by atomic mass is 10.2. The first-order valence-electron chi connectivity index (χ1n) is 5.16. The molecule has 2 nitrogen and oxygen atoms in total. The standard InChI is InChI=1S/C13H10Cl2FNO/c1-7-2-3-11(16)12(4-7)18-13-9(14)5-8(17)6-10(13)15/h2-6H,17H2,1H3. The van der Waals surface area contributed by atoms with Gasteiger partial charge in [0, 0.05) is 5.69 Å². The van der Waals surface area contributed by atoms with E-state index >= 15 is 0 Å². The number of hydrogen-bond acceptors (Lipinski definition) is 2. The Labute approximate surface area is 114 Å². The third kappa shape index (κ3) is 2.68. The maximum Gasteiger partial charge on any atom is 0.165 e. The Hall–Kier alpha value is -1.45. The molecule has 94 valence electrons. The summed E-state index contributed by atoms with van der Waals surface area (Å²) in [6.45, 7) is 1.83. The molecule has 0 unspecified atom stereocenters. The first-order chi connectivity index (χ1) is 8.47. The Balaban J connectivity index is 2.43. The molecule has 0 spiro atoms. The van der Waals surface area contributed by atoms with Crippen LogP contribution in [0.15, 0.2) is 30.3 Å². The van der Waals surface area contributed by atoms with Crippen LogP contribution in [0.25, 0.3) is 0 Å². The second kappa shape index (κ2) is 5.04. The summed E-state index contributed by atoms with van der Waals surface area (Å²) in [6.07, 6.45) is 0. The van der Waals surface area contributed by atoms with Gasteiger partial charge >= 0.3 is 0 Å². The number of rotatable bonds is 2. The molecule has 0 aliphatic heterocycles. The van der Waals surface area contributed by atoms with Crippen LogP contribution in [0.3, 0.4) is 0 Å². The third-order valence-electron chi connectivity index (χ3n) is 2.32. The van der Waals surface area contributed by atoms with Gasteiger partial charge in [0.1, 0.15) is 0 Å². The van der Waals surface area contributed by atoms with E-state index in [1.807, 2.05) is 6.92 Å². The van der Waals surface area contributed by atoms with E-state index in [0.717, 1.165) is 5.56 Å². The highest BCUT2D eigenvalue weighted by atomic mass is 35.5. The maximum atomic E-state index is 13.6. The largest absolute Gasteiger partial charge is 0.451 e. The van der Waals surface area contributed by atoms with Gasteiger partial charge in [-0.15, -0.1) is 0 Å². The van der Waals surface area contributed by atoms with Gasteiger partial charge < -0.3 is 10.5 Å². The Morgan fingerprint density at radius 2 is 1.72 bits per heavy atom. The molecule has 2 aromatic rings. The highest BCUT2D eigenvalue weighted by molar-refractivity contribution is 6.37. The third-order valence-corrected chi connectivity index (χ3v) is 2.88. The zero-order valence-electron chi connectivity index (χ0n) is 9.51. The first-order valence-corrected chi connectivity index (χ1v) is 5.91. The van der Waals surface area contributed by atoms with Crippen LogP contribution < -0.4 is 10.5 Å². The predicted molar refractivity (Wildman–Crippen MR) is 72.1 cm³/mol. The first kappa shape index (κ1) is 13.0. The number of halogens is 3. The van der Waals surface area contributed by atoms with E-state index in [-0.39, 0.29) is 21.5 Å². The highest BCUT2D eigenvalue weighted by Crippen LogP contribution is 2.38. The van der Waals surface area contributed by atoms with E-state index in [1.165, 1.54) is 18.2 Å². The Morgan fingerprint density at radius 1 is 1.11 bits per heavy atom. The second-order valence-corrected chi connectivity index (χ2v) is 4.66. The van der Waals surface area contributed by atoms with Crippen LogP contribution in [0.1, 0.15) is 5.56 Å². The van der Waals surface area contributed by atoms with Crippen molar-refractivity contribution in [1.82, 2.24) is 0 Å². The van der Waals surface area contributed by atoms with Gasteiger partial charge in [-0.1, -0.05) is 29.3 Å². The van der Waals surface area contributed by atoms with Crippen LogP contribution in [0, 0.1) is 12.7 Å². The van der Waals surface area contributed by atoms with Gasteiger partial charge in [-0.2, -0.15) is 0 Å². The lowest BCUT2D eigenvalue weighted by Crippen LogP contribution is -1.93. The molecule has 0 heterocycles. The summed E-state index contributed by atoms with van der Waals surface area (Å²) >= 11 is 11.9. The summed E-state index contributed by atoms with van der Waals surface area (Å²) in [4.78, 5) is 0. The van der Waals surface area contributed by atoms with Crippen molar-refractivity contribution >= 4 is 28.9 Å². The molecule has 0 bridgehead atoms. The molecule has 0 fully saturated rings. The van der Waals surface area contributed by atoms with Crippen molar-refractivity contribution in [2.45, 2.75) is 6.92 Å². The average Bonchev–Trinajstić information content (AvgIpc) is 2.28. The molecular formula is C13H10Cl2FNO. The highest BCUT2D eigenvalue weighted by Gasteiger charge is 2.12. The number of nitrogen functional groups attached to an aromatic ring is 1. The fourth-order valence-corrected chi connectivity index (χ4v) is 2.06. The van der Waals surface area contributed by atoms with Crippen molar-refractivity contribution in [3.63, 3.8) is 0 Å². The molecule has 0 saturated carbocycles. The average molecular weight is 286 g/mol. The van der Waals surface area contributed by atoms with E-state index in [9.17, 15) is 4.39 Å². The Morgan fingerprint density at radius 3 is 2.33 bits per heavy atom. The number of hydrogen-bond donors (Lipinski definition) is 1. The fourth-order valence-electron chi connectivity index (χ4n) is 1.48. The van der Waals surface area contributed by atoms with E-state index in [0.29, 0.717) is 5.69 Å². The van der Waals surface area contributed by atoms with Gasteiger partial charge in [-0.05, 0) is 36.8 Å².